The molecule has 1 atom stereocenters. The van der Waals surface area contributed by atoms with Gasteiger partial charge in [-0.05, 0) is 37.6 Å². The lowest BCUT2D eigenvalue weighted by molar-refractivity contribution is -0.127. The van der Waals surface area contributed by atoms with Crippen LogP contribution in [-0.4, -0.2) is 30.4 Å². The molecule has 0 saturated heterocycles. The zero-order valence-corrected chi connectivity index (χ0v) is 13.7. The molecule has 1 aromatic carbocycles. The van der Waals surface area contributed by atoms with E-state index in [-0.39, 0.29) is 17.9 Å². The number of rotatable bonds is 7. The van der Waals surface area contributed by atoms with Gasteiger partial charge in [-0.3, -0.25) is 9.69 Å². The van der Waals surface area contributed by atoms with Crippen LogP contribution in [0.1, 0.15) is 44.7 Å². The van der Waals surface area contributed by atoms with Gasteiger partial charge in [0.25, 0.3) is 0 Å². The average Bonchev–Trinajstić information content (AvgIpc) is 2.42. The van der Waals surface area contributed by atoms with E-state index in [0.717, 1.165) is 36.5 Å². The summed E-state index contributed by atoms with van der Waals surface area (Å²) in [6.07, 6.45) is 3.25. The normalized spacial score (nSPS) is 16.6. The summed E-state index contributed by atoms with van der Waals surface area (Å²) in [6.45, 7) is 6.78. The van der Waals surface area contributed by atoms with Gasteiger partial charge in [0, 0.05) is 17.5 Å². The van der Waals surface area contributed by atoms with E-state index >= 15 is 0 Å². The fourth-order valence-electron chi connectivity index (χ4n) is 2.86. The van der Waals surface area contributed by atoms with E-state index in [4.69, 9.17) is 11.6 Å². The highest BCUT2D eigenvalue weighted by Crippen LogP contribution is 2.29. The number of amides is 1. The first-order valence-electron chi connectivity index (χ1n) is 7.93. The van der Waals surface area contributed by atoms with E-state index in [9.17, 15) is 4.79 Å². The summed E-state index contributed by atoms with van der Waals surface area (Å²) in [6, 6.07) is 8.06. The molecule has 1 N–H and O–H groups in total. The summed E-state index contributed by atoms with van der Waals surface area (Å²) in [5.74, 6) is 0.430. The summed E-state index contributed by atoms with van der Waals surface area (Å²) in [5.41, 5.74) is 1.09. The van der Waals surface area contributed by atoms with Gasteiger partial charge in [-0.15, -0.1) is 0 Å². The van der Waals surface area contributed by atoms with Gasteiger partial charge in [0.1, 0.15) is 0 Å². The first kappa shape index (κ1) is 16.3. The Morgan fingerprint density at radius 1 is 1.33 bits per heavy atom. The SMILES string of the molecule is CCN(CC)C(CNC(=O)C1CCC1)c1ccccc1Cl. The molecule has 0 aromatic heterocycles. The Hall–Kier alpha value is -1.06. The Morgan fingerprint density at radius 2 is 2.00 bits per heavy atom. The van der Waals surface area contributed by atoms with E-state index < -0.39 is 0 Å². The molecule has 1 saturated carbocycles. The van der Waals surface area contributed by atoms with Crippen molar-refractivity contribution in [2.24, 2.45) is 5.92 Å². The van der Waals surface area contributed by atoms with Gasteiger partial charge in [-0.1, -0.05) is 50.1 Å². The highest BCUT2D eigenvalue weighted by Gasteiger charge is 2.27. The third kappa shape index (κ3) is 3.98. The van der Waals surface area contributed by atoms with Crippen molar-refractivity contribution in [3.8, 4) is 0 Å². The molecular formula is C17H25ClN2O. The summed E-state index contributed by atoms with van der Waals surface area (Å²) in [4.78, 5) is 14.4. The van der Waals surface area contributed by atoms with Crippen LogP contribution in [0.25, 0.3) is 0 Å². The minimum Gasteiger partial charge on any atom is -0.354 e. The summed E-state index contributed by atoms with van der Waals surface area (Å²) in [7, 11) is 0. The van der Waals surface area contributed by atoms with E-state index in [1.54, 1.807) is 0 Å². The topological polar surface area (TPSA) is 32.3 Å². The maximum absolute atomic E-state index is 12.1. The van der Waals surface area contributed by atoms with Gasteiger partial charge in [0.15, 0.2) is 0 Å². The first-order chi connectivity index (χ1) is 10.2. The fraction of sp³-hybridized carbons (Fsp3) is 0.588. The van der Waals surface area contributed by atoms with Crippen molar-refractivity contribution in [1.29, 1.82) is 0 Å². The third-order valence-corrected chi connectivity index (χ3v) is 4.81. The first-order valence-corrected chi connectivity index (χ1v) is 8.31. The Balaban J connectivity index is 2.08. The molecule has 3 nitrogen and oxygen atoms in total. The van der Waals surface area contributed by atoms with Crippen molar-refractivity contribution in [2.45, 2.75) is 39.2 Å². The minimum absolute atomic E-state index is 0.137. The molecule has 0 radical (unpaired) electrons. The molecule has 1 aliphatic carbocycles. The van der Waals surface area contributed by atoms with Gasteiger partial charge in [-0.2, -0.15) is 0 Å². The van der Waals surface area contributed by atoms with Gasteiger partial charge >= 0.3 is 0 Å². The molecule has 116 valence electrons. The van der Waals surface area contributed by atoms with Crippen molar-refractivity contribution in [3.63, 3.8) is 0 Å². The molecule has 4 heteroatoms. The lowest BCUT2D eigenvalue weighted by Crippen LogP contribution is -2.41. The second-order valence-electron chi connectivity index (χ2n) is 5.63. The van der Waals surface area contributed by atoms with Gasteiger partial charge in [0.05, 0.1) is 6.04 Å². The van der Waals surface area contributed by atoms with Crippen molar-refractivity contribution in [3.05, 3.63) is 34.9 Å². The van der Waals surface area contributed by atoms with Crippen LogP contribution in [0.3, 0.4) is 0 Å². The standard InChI is InChI=1S/C17H25ClN2O/c1-3-20(4-2)16(14-10-5-6-11-15(14)18)12-19-17(21)13-8-7-9-13/h5-6,10-11,13,16H,3-4,7-9,12H2,1-2H3,(H,19,21). The van der Waals surface area contributed by atoms with Gasteiger partial charge in [0.2, 0.25) is 5.91 Å². The van der Waals surface area contributed by atoms with E-state index in [2.05, 4.69) is 30.1 Å². The molecule has 1 amide bonds. The van der Waals surface area contributed by atoms with E-state index in [0.29, 0.717) is 6.54 Å². The average molecular weight is 309 g/mol. The Morgan fingerprint density at radius 3 is 2.52 bits per heavy atom. The molecule has 1 unspecified atom stereocenters. The molecular weight excluding hydrogens is 284 g/mol. The maximum Gasteiger partial charge on any atom is 0.223 e. The van der Waals surface area contributed by atoms with Gasteiger partial charge in [-0.25, -0.2) is 0 Å². The molecule has 1 fully saturated rings. The lowest BCUT2D eigenvalue weighted by atomic mass is 9.85. The molecule has 1 aliphatic rings. The zero-order chi connectivity index (χ0) is 15.2. The zero-order valence-electron chi connectivity index (χ0n) is 12.9. The number of likely N-dealkylation sites (N-methyl/N-ethyl adjacent to an activating group) is 1. The van der Waals surface area contributed by atoms with Crippen LogP contribution in [-0.2, 0) is 4.79 Å². The van der Waals surface area contributed by atoms with Crippen LogP contribution < -0.4 is 5.32 Å². The number of hydrogen-bond donors (Lipinski definition) is 1. The van der Waals surface area contributed by atoms with E-state index in [1.807, 2.05) is 18.2 Å². The third-order valence-electron chi connectivity index (χ3n) is 4.46. The number of carbonyl (C=O) groups excluding carboxylic acids is 1. The minimum atomic E-state index is 0.137. The van der Waals surface area contributed by atoms with Crippen LogP contribution in [0.4, 0.5) is 0 Å². The largest absolute Gasteiger partial charge is 0.354 e. The van der Waals surface area contributed by atoms with Crippen LogP contribution >= 0.6 is 11.6 Å². The van der Waals surface area contributed by atoms with Crippen molar-refractivity contribution in [1.82, 2.24) is 10.2 Å². The summed E-state index contributed by atoms with van der Waals surface area (Å²) >= 11 is 6.35. The maximum atomic E-state index is 12.1. The van der Waals surface area contributed by atoms with Crippen molar-refractivity contribution < 1.29 is 4.79 Å². The van der Waals surface area contributed by atoms with E-state index in [1.165, 1.54) is 6.42 Å². The molecule has 0 spiro atoms. The molecule has 0 heterocycles. The van der Waals surface area contributed by atoms with Crippen molar-refractivity contribution >= 4 is 17.5 Å². The number of benzene rings is 1. The smallest absolute Gasteiger partial charge is 0.223 e. The second kappa shape index (κ2) is 7.81. The Labute approximate surface area is 132 Å². The Bertz CT molecular complexity index is 470. The van der Waals surface area contributed by atoms with Crippen LogP contribution in [0.15, 0.2) is 24.3 Å². The predicted molar refractivity (Wildman–Crippen MR) is 87.5 cm³/mol. The fourth-order valence-corrected chi connectivity index (χ4v) is 3.12. The molecule has 0 bridgehead atoms. The van der Waals surface area contributed by atoms with Crippen LogP contribution in [0.2, 0.25) is 5.02 Å². The molecule has 2 rings (SSSR count). The lowest BCUT2D eigenvalue weighted by Gasteiger charge is -2.32. The van der Waals surface area contributed by atoms with Gasteiger partial charge < -0.3 is 5.32 Å². The highest BCUT2D eigenvalue weighted by atomic mass is 35.5. The number of nitrogens with one attached hydrogen (secondary N) is 1. The monoisotopic (exact) mass is 308 g/mol. The predicted octanol–water partition coefficient (Wildman–Crippen LogP) is 3.64. The second-order valence-corrected chi connectivity index (χ2v) is 6.04. The van der Waals surface area contributed by atoms with Crippen LogP contribution in [0.5, 0.6) is 0 Å². The number of nitrogens with zero attached hydrogens (tertiary/aromatic N) is 1. The summed E-state index contributed by atoms with van der Waals surface area (Å²) < 4.78 is 0. The van der Waals surface area contributed by atoms with Crippen LogP contribution in [0, 0.1) is 5.92 Å². The molecule has 21 heavy (non-hydrogen) atoms. The molecule has 1 aromatic rings. The number of carbonyl (C=O) groups is 1. The number of halogens is 1. The Kier molecular flexibility index (Phi) is 6.07. The van der Waals surface area contributed by atoms with Crippen molar-refractivity contribution in [2.75, 3.05) is 19.6 Å². The molecule has 0 aliphatic heterocycles. The quantitative estimate of drug-likeness (QED) is 0.834. The summed E-state index contributed by atoms with van der Waals surface area (Å²) in [5, 5.41) is 3.89. The number of hydrogen-bond acceptors (Lipinski definition) is 2. The highest BCUT2D eigenvalue weighted by molar-refractivity contribution is 6.31.